The van der Waals surface area contributed by atoms with Gasteiger partial charge in [0.15, 0.2) is 0 Å². The number of fused-ring (bicyclic) bond motifs is 1. The summed E-state index contributed by atoms with van der Waals surface area (Å²) in [4.78, 5) is 0. The highest BCUT2D eigenvalue weighted by Crippen LogP contribution is 2.30. The number of rotatable bonds is 5. The van der Waals surface area contributed by atoms with Crippen LogP contribution in [0.2, 0.25) is 0 Å². The Hall–Kier alpha value is -1.88. The highest BCUT2D eigenvalue weighted by molar-refractivity contribution is 5.37. The lowest BCUT2D eigenvalue weighted by Gasteiger charge is -2.13. The first-order chi connectivity index (χ1) is 10.3. The van der Waals surface area contributed by atoms with Crippen LogP contribution in [0, 0.1) is 5.82 Å². The maximum absolute atomic E-state index is 13.2. The molecule has 1 aliphatic heterocycles. The second-order valence-electron chi connectivity index (χ2n) is 5.86. The molecule has 0 amide bonds. The number of ether oxygens (including phenoxy) is 1. The smallest absolute Gasteiger partial charge is 0.123 e. The molecule has 0 spiro atoms. The topological polar surface area (TPSA) is 39.1 Å². The second-order valence-corrected chi connectivity index (χ2v) is 5.86. The van der Waals surface area contributed by atoms with Gasteiger partial charge in [0.05, 0.1) is 12.2 Å². The summed E-state index contributed by atoms with van der Waals surface area (Å²) in [5, 5.41) is 7.88. The lowest BCUT2D eigenvalue weighted by Crippen LogP contribution is -2.25. The summed E-state index contributed by atoms with van der Waals surface area (Å²) >= 11 is 0. The van der Waals surface area contributed by atoms with E-state index in [4.69, 9.17) is 4.74 Å². The molecule has 1 saturated carbocycles. The molecule has 0 radical (unpaired) electrons. The van der Waals surface area contributed by atoms with Gasteiger partial charge in [-0.1, -0.05) is 0 Å². The first kappa shape index (κ1) is 12.8. The number of hydrogen-bond donors (Lipinski definition) is 1. The maximum Gasteiger partial charge on any atom is 0.123 e. The molecule has 2 aliphatic rings. The Labute approximate surface area is 122 Å². The van der Waals surface area contributed by atoms with Gasteiger partial charge < -0.3 is 10.1 Å². The van der Waals surface area contributed by atoms with Gasteiger partial charge in [-0.3, -0.25) is 4.68 Å². The van der Waals surface area contributed by atoms with Crippen molar-refractivity contribution in [3.8, 4) is 5.75 Å². The van der Waals surface area contributed by atoms with Gasteiger partial charge in [-0.2, -0.15) is 5.10 Å². The molecule has 1 N–H and O–H groups in total. The number of aromatic nitrogens is 2. The van der Waals surface area contributed by atoms with E-state index in [0.29, 0.717) is 12.6 Å². The SMILES string of the molecule is Fc1ccc2c(c1)CC(Cn1nccc1CNC1CC1)O2. The maximum atomic E-state index is 13.2. The molecule has 1 fully saturated rings. The molecular weight excluding hydrogens is 269 g/mol. The molecule has 2 aromatic rings. The molecule has 21 heavy (non-hydrogen) atoms. The average Bonchev–Trinajstić information content (AvgIpc) is 3.06. The van der Waals surface area contributed by atoms with E-state index >= 15 is 0 Å². The van der Waals surface area contributed by atoms with Gasteiger partial charge in [0, 0.05) is 30.8 Å². The predicted molar refractivity (Wildman–Crippen MR) is 76.6 cm³/mol. The minimum atomic E-state index is -0.202. The number of nitrogens with zero attached hydrogens (tertiary/aromatic N) is 2. The van der Waals surface area contributed by atoms with Crippen LogP contribution in [0.25, 0.3) is 0 Å². The van der Waals surface area contributed by atoms with Gasteiger partial charge in [-0.15, -0.1) is 0 Å². The van der Waals surface area contributed by atoms with Gasteiger partial charge in [0.25, 0.3) is 0 Å². The Bertz CT molecular complexity index is 651. The van der Waals surface area contributed by atoms with E-state index in [0.717, 1.165) is 24.3 Å². The number of halogens is 1. The molecule has 110 valence electrons. The summed E-state index contributed by atoms with van der Waals surface area (Å²) in [7, 11) is 0. The number of hydrogen-bond acceptors (Lipinski definition) is 3. The Morgan fingerprint density at radius 2 is 2.24 bits per heavy atom. The molecule has 1 aromatic carbocycles. The average molecular weight is 287 g/mol. The van der Waals surface area contributed by atoms with Crippen LogP contribution >= 0.6 is 0 Å². The minimum Gasteiger partial charge on any atom is -0.488 e. The van der Waals surface area contributed by atoms with Crippen molar-refractivity contribution >= 4 is 0 Å². The molecule has 2 heterocycles. The summed E-state index contributed by atoms with van der Waals surface area (Å²) in [5.41, 5.74) is 2.12. The fraction of sp³-hybridized carbons (Fsp3) is 0.438. The van der Waals surface area contributed by atoms with E-state index in [-0.39, 0.29) is 11.9 Å². The summed E-state index contributed by atoms with van der Waals surface area (Å²) < 4.78 is 21.1. The van der Waals surface area contributed by atoms with Crippen LogP contribution in [0.5, 0.6) is 5.75 Å². The van der Waals surface area contributed by atoms with Crippen molar-refractivity contribution in [1.29, 1.82) is 0 Å². The van der Waals surface area contributed by atoms with E-state index in [1.54, 1.807) is 12.1 Å². The summed E-state index contributed by atoms with van der Waals surface area (Å²) in [6, 6.07) is 7.44. The van der Waals surface area contributed by atoms with Crippen molar-refractivity contribution in [2.24, 2.45) is 0 Å². The molecule has 5 heteroatoms. The van der Waals surface area contributed by atoms with Gasteiger partial charge in [-0.05, 0) is 37.1 Å². The van der Waals surface area contributed by atoms with Gasteiger partial charge in [0.1, 0.15) is 17.7 Å². The number of benzene rings is 1. The first-order valence-electron chi connectivity index (χ1n) is 7.47. The highest BCUT2D eigenvalue weighted by Gasteiger charge is 2.25. The van der Waals surface area contributed by atoms with Crippen LogP contribution in [-0.4, -0.2) is 21.9 Å². The lowest BCUT2D eigenvalue weighted by molar-refractivity contribution is 0.201. The van der Waals surface area contributed by atoms with Crippen LogP contribution in [0.3, 0.4) is 0 Å². The van der Waals surface area contributed by atoms with Crippen molar-refractivity contribution in [3.63, 3.8) is 0 Å². The molecule has 1 aromatic heterocycles. The summed E-state index contributed by atoms with van der Waals surface area (Å²) in [5.74, 6) is 0.595. The fourth-order valence-corrected chi connectivity index (χ4v) is 2.79. The second kappa shape index (κ2) is 5.15. The molecule has 1 unspecified atom stereocenters. The monoisotopic (exact) mass is 287 g/mol. The quantitative estimate of drug-likeness (QED) is 0.917. The Morgan fingerprint density at radius 3 is 3.10 bits per heavy atom. The van der Waals surface area contributed by atoms with Crippen molar-refractivity contribution in [1.82, 2.24) is 15.1 Å². The van der Waals surface area contributed by atoms with Gasteiger partial charge in [-0.25, -0.2) is 4.39 Å². The Kier molecular flexibility index (Phi) is 3.15. The largest absolute Gasteiger partial charge is 0.488 e. The van der Waals surface area contributed by atoms with Crippen LogP contribution in [0.1, 0.15) is 24.1 Å². The van der Waals surface area contributed by atoms with Gasteiger partial charge >= 0.3 is 0 Å². The van der Waals surface area contributed by atoms with Crippen LogP contribution in [0.4, 0.5) is 4.39 Å². The summed E-state index contributed by atoms with van der Waals surface area (Å²) in [6.45, 7) is 1.55. The Morgan fingerprint density at radius 1 is 1.33 bits per heavy atom. The minimum absolute atomic E-state index is 0.0291. The van der Waals surface area contributed by atoms with E-state index in [1.165, 1.54) is 24.6 Å². The number of nitrogens with one attached hydrogen (secondary N) is 1. The zero-order valence-corrected chi connectivity index (χ0v) is 11.8. The third kappa shape index (κ3) is 2.78. The van der Waals surface area contributed by atoms with Crippen molar-refractivity contribution in [3.05, 3.63) is 47.5 Å². The van der Waals surface area contributed by atoms with Crippen molar-refractivity contribution < 1.29 is 9.13 Å². The predicted octanol–water partition coefficient (Wildman–Crippen LogP) is 2.28. The normalized spacial score (nSPS) is 20.3. The molecule has 4 nitrogen and oxygen atoms in total. The standard InChI is InChI=1S/C16H18FN3O/c17-12-1-4-16-11(7-12)8-15(21-16)10-20-14(5-6-19-20)9-18-13-2-3-13/h1,4-7,13,15,18H,2-3,8-10H2. The third-order valence-corrected chi connectivity index (χ3v) is 4.09. The van der Waals surface area contributed by atoms with Crippen LogP contribution < -0.4 is 10.1 Å². The zero-order valence-electron chi connectivity index (χ0n) is 11.8. The first-order valence-corrected chi connectivity index (χ1v) is 7.47. The molecular formula is C16H18FN3O. The Balaban J connectivity index is 1.42. The zero-order chi connectivity index (χ0) is 14.2. The van der Waals surface area contributed by atoms with Crippen LogP contribution in [-0.2, 0) is 19.5 Å². The third-order valence-electron chi connectivity index (χ3n) is 4.09. The van der Waals surface area contributed by atoms with E-state index in [1.807, 2.05) is 16.9 Å². The molecule has 4 rings (SSSR count). The van der Waals surface area contributed by atoms with E-state index in [2.05, 4.69) is 10.4 Å². The van der Waals surface area contributed by atoms with Crippen molar-refractivity contribution in [2.45, 2.75) is 44.5 Å². The van der Waals surface area contributed by atoms with Crippen LogP contribution in [0.15, 0.2) is 30.5 Å². The fourth-order valence-electron chi connectivity index (χ4n) is 2.79. The lowest BCUT2D eigenvalue weighted by atomic mass is 10.1. The molecule has 1 aliphatic carbocycles. The van der Waals surface area contributed by atoms with E-state index < -0.39 is 0 Å². The molecule has 0 bridgehead atoms. The van der Waals surface area contributed by atoms with E-state index in [9.17, 15) is 4.39 Å². The molecule has 1 atom stereocenters. The molecule has 0 saturated heterocycles. The van der Waals surface area contributed by atoms with Crippen molar-refractivity contribution in [2.75, 3.05) is 0 Å². The highest BCUT2D eigenvalue weighted by atomic mass is 19.1. The summed E-state index contributed by atoms with van der Waals surface area (Å²) in [6.07, 6.45) is 5.15. The van der Waals surface area contributed by atoms with Gasteiger partial charge in [0.2, 0.25) is 0 Å².